The molecular formula is C15H23Cl2NO4. The molecule has 0 heterocycles. The number of methoxy groups -OCH3 is 1. The van der Waals surface area contributed by atoms with Crippen LogP contribution >= 0.6 is 23.2 Å². The van der Waals surface area contributed by atoms with Crippen LogP contribution in [0.3, 0.4) is 0 Å². The van der Waals surface area contributed by atoms with Gasteiger partial charge in [0.05, 0.1) is 5.03 Å². The second kappa shape index (κ2) is 9.28. The van der Waals surface area contributed by atoms with E-state index in [9.17, 15) is 15.0 Å². The standard InChI is InChI=1S/C15H23Cl2NO4/c1-3-4-5-6-7-8-18-15(21)9-12(19)10(16)14(22-2)11(17)13(9)20/h10,14,19-20H,3-8H2,1-2H3,(H,18,21). The molecular weight excluding hydrogens is 329 g/mol. The Morgan fingerprint density at radius 3 is 2.50 bits per heavy atom. The highest BCUT2D eigenvalue weighted by Crippen LogP contribution is 2.35. The first-order valence-electron chi connectivity index (χ1n) is 7.42. The van der Waals surface area contributed by atoms with E-state index in [0.717, 1.165) is 25.7 Å². The summed E-state index contributed by atoms with van der Waals surface area (Å²) in [6, 6.07) is 0. The number of hydrogen-bond donors (Lipinski definition) is 3. The molecule has 0 bridgehead atoms. The first-order valence-corrected chi connectivity index (χ1v) is 8.24. The zero-order valence-electron chi connectivity index (χ0n) is 12.9. The van der Waals surface area contributed by atoms with Gasteiger partial charge in [-0.3, -0.25) is 4.79 Å². The van der Waals surface area contributed by atoms with Crippen LogP contribution in [0.4, 0.5) is 0 Å². The third-order valence-electron chi connectivity index (χ3n) is 3.54. The van der Waals surface area contributed by atoms with Crippen molar-refractivity contribution in [2.24, 2.45) is 0 Å². The Kier molecular flexibility index (Phi) is 8.07. The van der Waals surface area contributed by atoms with Crippen molar-refractivity contribution in [3.05, 3.63) is 22.1 Å². The quantitative estimate of drug-likeness (QED) is 0.461. The van der Waals surface area contributed by atoms with Gasteiger partial charge < -0.3 is 20.3 Å². The largest absolute Gasteiger partial charge is 0.510 e. The van der Waals surface area contributed by atoms with Crippen molar-refractivity contribution >= 4 is 29.1 Å². The van der Waals surface area contributed by atoms with E-state index in [2.05, 4.69) is 12.2 Å². The summed E-state index contributed by atoms with van der Waals surface area (Å²) in [5.41, 5.74) is -0.285. The maximum Gasteiger partial charge on any atom is 0.258 e. The third-order valence-corrected chi connectivity index (χ3v) is 4.37. The van der Waals surface area contributed by atoms with Crippen LogP contribution in [0.15, 0.2) is 22.1 Å². The number of aliphatic hydroxyl groups is 2. The molecule has 0 saturated heterocycles. The number of carbonyl (C=O) groups is 1. The highest BCUT2D eigenvalue weighted by molar-refractivity contribution is 6.33. The molecule has 2 atom stereocenters. The monoisotopic (exact) mass is 351 g/mol. The van der Waals surface area contributed by atoms with Crippen molar-refractivity contribution in [1.82, 2.24) is 5.32 Å². The maximum atomic E-state index is 12.1. The Morgan fingerprint density at radius 1 is 1.27 bits per heavy atom. The lowest BCUT2D eigenvalue weighted by Crippen LogP contribution is -2.36. The van der Waals surface area contributed by atoms with Gasteiger partial charge in [-0.1, -0.05) is 44.2 Å². The summed E-state index contributed by atoms with van der Waals surface area (Å²) in [6.45, 7) is 2.60. The summed E-state index contributed by atoms with van der Waals surface area (Å²) in [5.74, 6) is -1.52. The molecule has 0 aromatic carbocycles. The molecule has 0 fully saturated rings. The van der Waals surface area contributed by atoms with Crippen LogP contribution in [0.25, 0.3) is 0 Å². The number of nitrogens with one attached hydrogen (secondary N) is 1. The van der Waals surface area contributed by atoms with Gasteiger partial charge in [-0.15, -0.1) is 11.6 Å². The van der Waals surface area contributed by atoms with Gasteiger partial charge in [0.2, 0.25) is 0 Å². The number of alkyl halides is 1. The molecule has 1 aliphatic carbocycles. The molecule has 22 heavy (non-hydrogen) atoms. The van der Waals surface area contributed by atoms with Crippen LogP contribution in [-0.2, 0) is 9.53 Å². The molecule has 1 amide bonds. The number of aliphatic hydroxyl groups excluding tert-OH is 2. The molecule has 126 valence electrons. The van der Waals surface area contributed by atoms with E-state index in [1.807, 2.05) is 0 Å². The van der Waals surface area contributed by atoms with E-state index in [1.165, 1.54) is 13.5 Å². The molecule has 1 rings (SSSR count). The summed E-state index contributed by atoms with van der Waals surface area (Å²) >= 11 is 12.0. The Labute approximate surface area is 140 Å². The average Bonchev–Trinajstić information content (AvgIpc) is 2.49. The van der Waals surface area contributed by atoms with Crippen LogP contribution in [0.2, 0.25) is 0 Å². The van der Waals surface area contributed by atoms with Crippen molar-refractivity contribution < 1.29 is 19.7 Å². The third kappa shape index (κ3) is 4.54. The minimum absolute atomic E-state index is 0.0894. The van der Waals surface area contributed by atoms with Gasteiger partial charge in [-0.05, 0) is 6.42 Å². The number of carbonyl (C=O) groups excluding carboxylic acids is 1. The number of unbranched alkanes of at least 4 members (excludes halogenated alkanes) is 4. The van der Waals surface area contributed by atoms with E-state index in [1.54, 1.807) is 0 Å². The van der Waals surface area contributed by atoms with E-state index in [0.29, 0.717) is 6.54 Å². The molecule has 3 N–H and O–H groups in total. The topological polar surface area (TPSA) is 78.8 Å². The minimum atomic E-state index is -1.02. The van der Waals surface area contributed by atoms with Gasteiger partial charge in [-0.2, -0.15) is 0 Å². The van der Waals surface area contributed by atoms with E-state index >= 15 is 0 Å². The fraction of sp³-hybridized carbons (Fsp3) is 0.667. The summed E-state index contributed by atoms with van der Waals surface area (Å²) < 4.78 is 5.01. The minimum Gasteiger partial charge on any atom is -0.510 e. The van der Waals surface area contributed by atoms with E-state index in [-0.39, 0.29) is 10.6 Å². The second-order valence-electron chi connectivity index (χ2n) is 5.18. The van der Waals surface area contributed by atoms with Gasteiger partial charge in [-0.25, -0.2) is 0 Å². The van der Waals surface area contributed by atoms with Crippen molar-refractivity contribution in [3.8, 4) is 0 Å². The van der Waals surface area contributed by atoms with E-state index < -0.39 is 28.9 Å². The fourth-order valence-corrected chi connectivity index (χ4v) is 2.96. The van der Waals surface area contributed by atoms with Crippen LogP contribution < -0.4 is 5.32 Å². The van der Waals surface area contributed by atoms with Gasteiger partial charge in [0.25, 0.3) is 5.91 Å². The predicted molar refractivity (Wildman–Crippen MR) is 87.4 cm³/mol. The predicted octanol–water partition coefficient (Wildman–Crippen LogP) is 3.53. The fourth-order valence-electron chi connectivity index (χ4n) is 2.25. The lowest BCUT2D eigenvalue weighted by molar-refractivity contribution is -0.117. The lowest BCUT2D eigenvalue weighted by Gasteiger charge is -2.27. The molecule has 2 unspecified atom stereocenters. The average molecular weight is 352 g/mol. The maximum absolute atomic E-state index is 12.1. The van der Waals surface area contributed by atoms with Crippen LogP contribution in [-0.4, -0.2) is 41.3 Å². The first-order chi connectivity index (χ1) is 10.5. The molecule has 0 spiro atoms. The highest BCUT2D eigenvalue weighted by atomic mass is 35.5. The second-order valence-corrected chi connectivity index (χ2v) is 6.06. The van der Waals surface area contributed by atoms with Crippen molar-refractivity contribution in [1.29, 1.82) is 0 Å². The van der Waals surface area contributed by atoms with Crippen LogP contribution in [0.5, 0.6) is 0 Å². The molecule has 0 aliphatic heterocycles. The summed E-state index contributed by atoms with van der Waals surface area (Å²) in [5, 5.41) is 21.6. The summed E-state index contributed by atoms with van der Waals surface area (Å²) in [6.07, 6.45) is 4.42. The normalized spacial score (nSPS) is 22.2. The van der Waals surface area contributed by atoms with E-state index in [4.69, 9.17) is 27.9 Å². The van der Waals surface area contributed by atoms with Gasteiger partial charge in [0.15, 0.2) is 0 Å². The van der Waals surface area contributed by atoms with Crippen molar-refractivity contribution in [3.63, 3.8) is 0 Å². The van der Waals surface area contributed by atoms with Crippen molar-refractivity contribution in [2.45, 2.75) is 50.5 Å². The Bertz CT molecular complexity index is 462. The van der Waals surface area contributed by atoms with Crippen molar-refractivity contribution in [2.75, 3.05) is 13.7 Å². The smallest absolute Gasteiger partial charge is 0.258 e. The zero-order chi connectivity index (χ0) is 16.7. The summed E-state index contributed by atoms with van der Waals surface area (Å²) in [4.78, 5) is 12.1. The Morgan fingerprint density at radius 2 is 1.91 bits per heavy atom. The van der Waals surface area contributed by atoms with Gasteiger partial charge in [0, 0.05) is 13.7 Å². The molecule has 1 aliphatic rings. The molecule has 0 saturated carbocycles. The number of amides is 1. The summed E-state index contributed by atoms with van der Waals surface area (Å²) in [7, 11) is 1.35. The number of halogens is 2. The SMILES string of the molecule is CCCCCCCNC(=O)C1=C(O)C(Cl)C(OC)C(Cl)=C1O. The Balaban J connectivity index is 2.66. The van der Waals surface area contributed by atoms with Crippen LogP contribution in [0.1, 0.15) is 39.0 Å². The number of hydrogen-bond acceptors (Lipinski definition) is 4. The molecule has 7 heteroatoms. The molecule has 0 aromatic heterocycles. The molecule has 0 radical (unpaired) electrons. The van der Waals surface area contributed by atoms with Crippen LogP contribution in [0, 0.1) is 0 Å². The Hall–Kier alpha value is -0.910. The van der Waals surface area contributed by atoms with Gasteiger partial charge in [0.1, 0.15) is 28.6 Å². The number of ether oxygens (including phenoxy) is 1. The first kappa shape index (κ1) is 19.1. The lowest BCUT2D eigenvalue weighted by atomic mass is 9.99. The molecule has 0 aromatic rings. The highest BCUT2D eigenvalue weighted by Gasteiger charge is 2.39. The zero-order valence-corrected chi connectivity index (χ0v) is 14.4. The molecule has 5 nitrogen and oxygen atoms in total. The van der Waals surface area contributed by atoms with Gasteiger partial charge >= 0.3 is 0 Å². The number of rotatable bonds is 8.